The van der Waals surface area contributed by atoms with Crippen molar-refractivity contribution >= 4 is 11.5 Å². The molecule has 0 bridgehead atoms. The van der Waals surface area contributed by atoms with Gasteiger partial charge in [-0.2, -0.15) is 4.98 Å². The molecule has 0 saturated heterocycles. The second-order valence-corrected chi connectivity index (χ2v) is 6.80. The second-order valence-electron chi connectivity index (χ2n) is 6.80. The fraction of sp³-hybridized carbons (Fsp3) is 0.750. The van der Waals surface area contributed by atoms with Crippen LogP contribution in [0, 0.1) is 0 Å². The molecule has 6 heteroatoms. The van der Waals surface area contributed by atoms with E-state index in [2.05, 4.69) is 62.0 Å². The number of rotatable bonds is 8. The summed E-state index contributed by atoms with van der Waals surface area (Å²) in [5.41, 5.74) is 6.49. The lowest BCUT2D eigenvalue weighted by Crippen LogP contribution is -2.21. The molecule has 1 aromatic heterocycles. The molecule has 1 rings (SSSR count). The Hall–Kier alpha value is -1.56. The Bertz CT molecular complexity index is 468. The Balaban J connectivity index is 2.93. The zero-order valence-electron chi connectivity index (χ0n) is 14.9. The van der Waals surface area contributed by atoms with Crippen LogP contribution in [0.4, 0.5) is 11.5 Å². The molecule has 6 nitrogen and oxygen atoms in total. The highest BCUT2D eigenvalue weighted by Gasteiger charge is 2.22. The highest BCUT2D eigenvalue weighted by atomic mass is 16.5. The van der Waals surface area contributed by atoms with E-state index in [0.717, 1.165) is 31.8 Å². The van der Waals surface area contributed by atoms with Crippen LogP contribution in [0.2, 0.25) is 0 Å². The third-order valence-corrected chi connectivity index (χ3v) is 3.10. The summed E-state index contributed by atoms with van der Waals surface area (Å²) in [5.74, 6) is 1.89. The van der Waals surface area contributed by atoms with Crippen LogP contribution < -0.4 is 15.8 Å². The van der Waals surface area contributed by atoms with Gasteiger partial charge in [-0.1, -0.05) is 27.7 Å². The fourth-order valence-electron chi connectivity index (χ4n) is 1.83. The molecule has 0 radical (unpaired) electrons. The molecule has 22 heavy (non-hydrogen) atoms. The molecular formula is C16H31N5O. The average molecular weight is 309 g/mol. The van der Waals surface area contributed by atoms with Crippen LogP contribution in [-0.2, 0) is 5.41 Å². The first-order chi connectivity index (χ1) is 10.3. The van der Waals surface area contributed by atoms with Crippen molar-refractivity contribution in [2.45, 2.75) is 46.0 Å². The molecule has 1 aromatic rings. The first-order valence-corrected chi connectivity index (χ1v) is 7.95. The lowest BCUT2D eigenvalue weighted by molar-refractivity contribution is 0.303. The lowest BCUT2D eigenvalue weighted by atomic mass is 9.96. The molecule has 0 aliphatic rings. The maximum absolute atomic E-state index is 6.16. The third kappa shape index (κ3) is 5.67. The van der Waals surface area contributed by atoms with E-state index in [-0.39, 0.29) is 5.41 Å². The molecule has 0 amide bonds. The normalized spacial score (nSPS) is 11.8. The van der Waals surface area contributed by atoms with Crippen molar-refractivity contribution in [1.29, 1.82) is 0 Å². The van der Waals surface area contributed by atoms with Gasteiger partial charge < -0.3 is 20.7 Å². The first-order valence-electron chi connectivity index (χ1n) is 7.95. The minimum absolute atomic E-state index is 0.155. The van der Waals surface area contributed by atoms with Crippen LogP contribution in [0.25, 0.3) is 0 Å². The van der Waals surface area contributed by atoms with Crippen molar-refractivity contribution in [1.82, 2.24) is 14.9 Å². The lowest BCUT2D eigenvalue weighted by Gasteiger charge is -2.20. The van der Waals surface area contributed by atoms with Crippen molar-refractivity contribution in [2.24, 2.45) is 0 Å². The van der Waals surface area contributed by atoms with E-state index in [1.807, 2.05) is 0 Å². The molecule has 3 N–H and O–H groups in total. The predicted octanol–water partition coefficient (Wildman–Crippen LogP) is 2.51. The number of hydrogen-bond donors (Lipinski definition) is 2. The van der Waals surface area contributed by atoms with Crippen LogP contribution in [0.15, 0.2) is 0 Å². The van der Waals surface area contributed by atoms with Gasteiger partial charge in [-0.25, -0.2) is 4.98 Å². The van der Waals surface area contributed by atoms with Crippen molar-refractivity contribution < 1.29 is 4.74 Å². The fourth-order valence-corrected chi connectivity index (χ4v) is 1.83. The highest BCUT2D eigenvalue weighted by molar-refractivity contribution is 5.67. The van der Waals surface area contributed by atoms with Gasteiger partial charge in [-0.3, -0.25) is 0 Å². The summed E-state index contributed by atoms with van der Waals surface area (Å²) in [5, 5.41) is 3.31. The third-order valence-electron chi connectivity index (χ3n) is 3.10. The molecule has 0 aromatic carbocycles. The largest absolute Gasteiger partial charge is 0.476 e. The van der Waals surface area contributed by atoms with Crippen molar-refractivity contribution in [3.05, 3.63) is 5.82 Å². The van der Waals surface area contributed by atoms with Gasteiger partial charge in [0.05, 0.1) is 6.61 Å². The average Bonchev–Trinajstić information content (AvgIpc) is 2.42. The van der Waals surface area contributed by atoms with Gasteiger partial charge in [-0.15, -0.1) is 0 Å². The molecule has 1 heterocycles. The Morgan fingerprint density at radius 3 is 2.45 bits per heavy atom. The molecule has 0 atom stereocenters. The molecule has 0 spiro atoms. The molecule has 126 valence electrons. The van der Waals surface area contributed by atoms with Gasteiger partial charge in [0.1, 0.15) is 11.5 Å². The maximum Gasteiger partial charge on any atom is 0.242 e. The van der Waals surface area contributed by atoms with E-state index < -0.39 is 0 Å². The van der Waals surface area contributed by atoms with Gasteiger partial charge >= 0.3 is 0 Å². The molecule has 0 fully saturated rings. The van der Waals surface area contributed by atoms with Gasteiger partial charge in [0.25, 0.3) is 0 Å². The number of nitrogens with zero attached hydrogens (tertiary/aromatic N) is 3. The summed E-state index contributed by atoms with van der Waals surface area (Å²) < 4.78 is 5.68. The van der Waals surface area contributed by atoms with Crippen LogP contribution in [0.3, 0.4) is 0 Å². The van der Waals surface area contributed by atoms with Crippen molar-refractivity contribution in [3.63, 3.8) is 0 Å². The predicted molar refractivity (Wildman–Crippen MR) is 92.6 cm³/mol. The van der Waals surface area contributed by atoms with E-state index in [1.54, 1.807) is 0 Å². The smallest absolute Gasteiger partial charge is 0.242 e. The van der Waals surface area contributed by atoms with E-state index >= 15 is 0 Å². The van der Waals surface area contributed by atoms with Gasteiger partial charge in [0.2, 0.25) is 5.88 Å². The summed E-state index contributed by atoms with van der Waals surface area (Å²) in [7, 11) is 4.13. The summed E-state index contributed by atoms with van der Waals surface area (Å²) in [6.07, 6.45) is 1.94. The maximum atomic E-state index is 6.16. The Morgan fingerprint density at radius 2 is 1.91 bits per heavy atom. The summed E-state index contributed by atoms with van der Waals surface area (Å²) in [6, 6.07) is 0. The van der Waals surface area contributed by atoms with Crippen molar-refractivity contribution in [3.8, 4) is 5.88 Å². The number of hydrogen-bond acceptors (Lipinski definition) is 6. The molecule has 0 unspecified atom stereocenters. The number of nitrogens with two attached hydrogens (primary N) is 1. The number of anilines is 2. The second kappa shape index (κ2) is 8.17. The van der Waals surface area contributed by atoms with Crippen LogP contribution >= 0.6 is 0 Å². The van der Waals surface area contributed by atoms with Gasteiger partial charge in [-0.05, 0) is 33.5 Å². The highest BCUT2D eigenvalue weighted by Crippen LogP contribution is 2.30. The van der Waals surface area contributed by atoms with Gasteiger partial charge in [0, 0.05) is 12.0 Å². The monoisotopic (exact) mass is 309 g/mol. The van der Waals surface area contributed by atoms with Crippen LogP contribution in [0.1, 0.15) is 46.4 Å². The Labute approximate surface area is 134 Å². The molecule has 0 saturated carbocycles. The topological polar surface area (TPSA) is 76.3 Å². The minimum atomic E-state index is -0.155. The zero-order valence-corrected chi connectivity index (χ0v) is 14.9. The van der Waals surface area contributed by atoms with Crippen molar-refractivity contribution in [2.75, 3.05) is 44.8 Å². The van der Waals surface area contributed by atoms with E-state index in [1.165, 1.54) is 0 Å². The summed E-state index contributed by atoms with van der Waals surface area (Å²) >= 11 is 0. The summed E-state index contributed by atoms with van der Waals surface area (Å²) in [4.78, 5) is 11.2. The minimum Gasteiger partial charge on any atom is -0.476 e. The van der Waals surface area contributed by atoms with E-state index in [0.29, 0.717) is 24.0 Å². The Kier molecular flexibility index (Phi) is 6.87. The molecule has 0 aliphatic carbocycles. The molecular weight excluding hydrogens is 278 g/mol. The Morgan fingerprint density at radius 1 is 1.23 bits per heavy atom. The number of aromatic nitrogens is 2. The number of nitrogen functional groups attached to an aromatic ring is 1. The SMILES string of the molecule is CCCOc1nc(C(C)(C)C)nc(NCCCN(C)C)c1N. The zero-order chi connectivity index (χ0) is 16.8. The molecule has 0 aliphatic heterocycles. The number of nitrogens with one attached hydrogen (secondary N) is 1. The first kappa shape index (κ1) is 18.5. The summed E-state index contributed by atoms with van der Waals surface area (Å²) in [6.45, 7) is 10.7. The van der Waals surface area contributed by atoms with E-state index in [9.17, 15) is 0 Å². The number of ether oxygens (including phenoxy) is 1. The quantitative estimate of drug-likeness (QED) is 0.719. The standard InChI is InChI=1S/C16H31N5O/c1-7-11-22-14-12(17)13(18-9-8-10-21(5)6)19-15(20-14)16(2,3)4/h7-11,17H2,1-6H3,(H,18,19,20). The van der Waals surface area contributed by atoms with Gasteiger partial charge in [0.15, 0.2) is 5.82 Å². The van der Waals surface area contributed by atoms with Crippen LogP contribution in [-0.4, -0.2) is 48.7 Å². The van der Waals surface area contributed by atoms with Crippen LogP contribution in [0.5, 0.6) is 5.88 Å². The van der Waals surface area contributed by atoms with E-state index in [4.69, 9.17) is 10.5 Å².